The molecule has 0 aromatic rings. The highest BCUT2D eigenvalue weighted by Gasteiger charge is 2.16. The van der Waals surface area contributed by atoms with E-state index in [1.807, 2.05) is 13.8 Å². The number of halogens is 1. The fraction of sp³-hybridized carbons (Fsp3) is 0.857. The Bertz CT molecular complexity index is 136. The average Bonchev–Trinajstić information content (AvgIpc) is 2.00. The van der Waals surface area contributed by atoms with Crippen molar-refractivity contribution in [2.75, 3.05) is 19.0 Å². The molecule has 0 saturated carbocycles. The third kappa shape index (κ3) is 5.04. The van der Waals surface area contributed by atoms with Crippen LogP contribution in [0.5, 0.6) is 0 Å². The third-order valence-electron chi connectivity index (χ3n) is 1.31. The lowest BCUT2D eigenvalue weighted by Gasteiger charge is -2.21. The summed E-state index contributed by atoms with van der Waals surface area (Å²) in [5.74, 6) is -0.227. The molecule has 0 radical (unpaired) electrons. The van der Waals surface area contributed by atoms with Gasteiger partial charge in [-0.2, -0.15) is 0 Å². The van der Waals surface area contributed by atoms with E-state index in [1.165, 1.54) is 0 Å². The van der Waals surface area contributed by atoms with Crippen LogP contribution in [0.4, 0.5) is 0 Å². The van der Waals surface area contributed by atoms with Crippen molar-refractivity contribution < 1.29 is 9.90 Å². The Morgan fingerprint density at radius 1 is 1.64 bits per heavy atom. The number of hydrogen-bond acceptors (Lipinski definition) is 2. The van der Waals surface area contributed by atoms with E-state index in [0.29, 0.717) is 6.54 Å². The van der Waals surface area contributed by atoms with Gasteiger partial charge in [-0.3, -0.25) is 4.79 Å². The normalized spacial score (nSPS) is 11.3. The van der Waals surface area contributed by atoms with Crippen LogP contribution >= 0.6 is 11.6 Å². The Morgan fingerprint density at radius 2 is 2.18 bits per heavy atom. The number of alkyl halides is 1. The molecule has 0 heterocycles. The summed E-state index contributed by atoms with van der Waals surface area (Å²) in [6.07, 6.45) is 0. The van der Waals surface area contributed by atoms with Gasteiger partial charge >= 0.3 is 0 Å². The zero-order valence-corrected chi connectivity index (χ0v) is 7.61. The SMILES string of the molecule is CC(C)(CO)CNC(=O)CCl. The molecule has 66 valence electrons. The zero-order chi connectivity index (χ0) is 8.91. The highest BCUT2D eigenvalue weighted by molar-refractivity contribution is 6.27. The molecule has 0 aromatic heterocycles. The van der Waals surface area contributed by atoms with Crippen molar-refractivity contribution in [3.63, 3.8) is 0 Å². The van der Waals surface area contributed by atoms with Crippen molar-refractivity contribution in [2.45, 2.75) is 13.8 Å². The third-order valence-corrected chi connectivity index (χ3v) is 1.56. The Morgan fingerprint density at radius 3 is 2.55 bits per heavy atom. The first-order valence-corrected chi connectivity index (χ1v) is 3.99. The molecule has 2 N–H and O–H groups in total. The number of carbonyl (C=O) groups excluding carboxylic acids is 1. The van der Waals surface area contributed by atoms with Crippen LogP contribution < -0.4 is 5.32 Å². The van der Waals surface area contributed by atoms with Gasteiger partial charge in [0.15, 0.2) is 0 Å². The monoisotopic (exact) mass is 179 g/mol. The lowest BCUT2D eigenvalue weighted by Crippen LogP contribution is -2.36. The second-order valence-corrected chi connectivity index (χ2v) is 3.50. The van der Waals surface area contributed by atoms with Gasteiger partial charge in [-0.05, 0) is 0 Å². The Labute approximate surface area is 71.7 Å². The van der Waals surface area contributed by atoms with Crippen molar-refractivity contribution in [1.82, 2.24) is 5.32 Å². The first-order chi connectivity index (χ1) is 5.02. The predicted molar refractivity (Wildman–Crippen MR) is 44.6 cm³/mol. The number of rotatable bonds is 4. The van der Waals surface area contributed by atoms with Crippen LogP contribution in [-0.2, 0) is 4.79 Å². The topological polar surface area (TPSA) is 49.3 Å². The number of nitrogens with one attached hydrogen (secondary N) is 1. The summed E-state index contributed by atoms with van der Waals surface area (Å²) in [5, 5.41) is 11.4. The van der Waals surface area contributed by atoms with Gasteiger partial charge in [-0.15, -0.1) is 11.6 Å². The largest absolute Gasteiger partial charge is 0.396 e. The second kappa shape index (κ2) is 4.57. The number of hydrogen-bond donors (Lipinski definition) is 2. The lowest BCUT2D eigenvalue weighted by atomic mass is 9.95. The highest BCUT2D eigenvalue weighted by atomic mass is 35.5. The quantitative estimate of drug-likeness (QED) is 0.613. The van der Waals surface area contributed by atoms with Gasteiger partial charge in [0.25, 0.3) is 0 Å². The number of amides is 1. The van der Waals surface area contributed by atoms with E-state index in [1.54, 1.807) is 0 Å². The van der Waals surface area contributed by atoms with Crippen LogP contribution in [0.15, 0.2) is 0 Å². The molecule has 11 heavy (non-hydrogen) atoms. The molecular formula is C7H14ClNO2. The molecule has 3 nitrogen and oxygen atoms in total. The molecule has 1 amide bonds. The maximum Gasteiger partial charge on any atom is 0.234 e. The summed E-state index contributed by atoms with van der Waals surface area (Å²) < 4.78 is 0. The lowest BCUT2D eigenvalue weighted by molar-refractivity contribution is -0.119. The van der Waals surface area contributed by atoms with Crippen molar-refractivity contribution in [3.05, 3.63) is 0 Å². The Hall–Kier alpha value is -0.280. The molecule has 0 bridgehead atoms. The minimum absolute atomic E-state index is 0.0263. The molecule has 0 spiro atoms. The molecule has 0 atom stereocenters. The standard InChI is InChI=1S/C7H14ClNO2/c1-7(2,5-10)4-9-6(11)3-8/h10H,3-5H2,1-2H3,(H,9,11). The van der Waals surface area contributed by atoms with Gasteiger partial charge in [0.2, 0.25) is 5.91 Å². The summed E-state index contributed by atoms with van der Waals surface area (Å²) in [7, 11) is 0. The summed E-state index contributed by atoms with van der Waals surface area (Å²) >= 11 is 5.25. The van der Waals surface area contributed by atoms with Crippen molar-refractivity contribution in [2.24, 2.45) is 5.41 Å². The van der Waals surface area contributed by atoms with Crippen molar-refractivity contribution in [1.29, 1.82) is 0 Å². The first kappa shape index (κ1) is 10.7. The number of aliphatic hydroxyl groups excluding tert-OH is 1. The summed E-state index contributed by atoms with van der Waals surface area (Å²) in [5.41, 5.74) is -0.262. The van der Waals surface area contributed by atoms with Crippen LogP contribution in [0, 0.1) is 5.41 Å². The molecule has 0 fully saturated rings. The van der Waals surface area contributed by atoms with E-state index >= 15 is 0 Å². The minimum Gasteiger partial charge on any atom is -0.396 e. The fourth-order valence-corrected chi connectivity index (χ4v) is 0.535. The molecule has 0 aliphatic heterocycles. The number of carbonyl (C=O) groups is 1. The number of aliphatic hydroxyl groups is 1. The van der Waals surface area contributed by atoms with Crippen LogP contribution in [0.2, 0.25) is 0 Å². The molecule has 4 heteroatoms. The average molecular weight is 180 g/mol. The molecule has 0 saturated heterocycles. The summed E-state index contributed by atoms with van der Waals surface area (Å²) in [6, 6.07) is 0. The van der Waals surface area contributed by atoms with E-state index in [0.717, 1.165) is 0 Å². The maximum atomic E-state index is 10.6. The molecule has 0 aliphatic carbocycles. The first-order valence-electron chi connectivity index (χ1n) is 3.45. The van der Waals surface area contributed by atoms with Crippen LogP contribution in [0.25, 0.3) is 0 Å². The van der Waals surface area contributed by atoms with Gasteiger partial charge in [0.1, 0.15) is 5.88 Å². The smallest absolute Gasteiger partial charge is 0.234 e. The summed E-state index contributed by atoms with van der Waals surface area (Å²) in [4.78, 5) is 10.6. The van der Waals surface area contributed by atoms with E-state index < -0.39 is 0 Å². The van der Waals surface area contributed by atoms with Gasteiger partial charge in [0.05, 0.1) is 0 Å². The van der Waals surface area contributed by atoms with Crippen molar-refractivity contribution >= 4 is 17.5 Å². The van der Waals surface area contributed by atoms with E-state index in [4.69, 9.17) is 16.7 Å². The molecule has 0 rings (SSSR count). The van der Waals surface area contributed by atoms with E-state index in [-0.39, 0.29) is 23.8 Å². The van der Waals surface area contributed by atoms with Crippen LogP contribution in [0.1, 0.15) is 13.8 Å². The molecule has 0 unspecified atom stereocenters. The molecular weight excluding hydrogens is 166 g/mol. The highest BCUT2D eigenvalue weighted by Crippen LogP contribution is 2.10. The molecule has 0 aliphatic rings. The van der Waals surface area contributed by atoms with Crippen LogP contribution in [-0.4, -0.2) is 30.0 Å². The van der Waals surface area contributed by atoms with Gasteiger partial charge < -0.3 is 10.4 Å². The van der Waals surface area contributed by atoms with E-state index in [9.17, 15) is 4.79 Å². The zero-order valence-electron chi connectivity index (χ0n) is 6.85. The van der Waals surface area contributed by atoms with Gasteiger partial charge in [-0.25, -0.2) is 0 Å². The Kier molecular flexibility index (Phi) is 4.45. The second-order valence-electron chi connectivity index (χ2n) is 3.23. The molecule has 0 aromatic carbocycles. The van der Waals surface area contributed by atoms with Crippen LogP contribution in [0.3, 0.4) is 0 Å². The fourth-order valence-electron chi connectivity index (χ4n) is 0.441. The van der Waals surface area contributed by atoms with Crippen molar-refractivity contribution in [3.8, 4) is 0 Å². The minimum atomic E-state index is -0.262. The maximum absolute atomic E-state index is 10.6. The Balaban J connectivity index is 3.61. The van der Waals surface area contributed by atoms with Gasteiger partial charge in [0, 0.05) is 18.6 Å². The summed E-state index contributed by atoms with van der Waals surface area (Å²) in [6.45, 7) is 4.23. The van der Waals surface area contributed by atoms with E-state index in [2.05, 4.69) is 5.32 Å². The predicted octanol–water partition coefficient (Wildman–Crippen LogP) is 0.360. The van der Waals surface area contributed by atoms with Gasteiger partial charge in [-0.1, -0.05) is 13.8 Å².